The van der Waals surface area contributed by atoms with E-state index in [9.17, 15) is 28.7 Å². The van der Waals surface area contributed by atoms with Crippen molar-refractivity contribution in [2.75, 3.05) is 5.32 Å². The van der Waals surface area contributed by atoms with Gasteiger partial charge in [-0.2, -0.15) is 0 Å². The first kappa shape index (κ1) is 33.3. The third-order valence-corrected chi connectivity index (χ3v) is 4.84. The SMILES string of the molecule is NC(=S)Nc1ccc(P(=O)([O-])[O-])c2cc(P(=O)([O-])[O-])ccc12.[Na+].[Na+].[Na+].[Na+]. The van der Waals surface area contributed by atoms with Gasteiger partial charge in [0.2, 0.25) is 0 Å². The Hall–Kier alpha value is 2.69. The third-order valence-electron chi connectivity index (χ3n) is 2.85. The first-order valence-corrected chi connectivity index (χ1v) is 9.18. The van der Waals surface area contributed by atoms with Crippen LogP contribution in [0.4, 0.5) is 5.69 Å². The van der Waals surface area contributed by atoms with Crippen LogP contribution in [-0.4, -0.2) is 5.11 Å². The van der Waals surface area contributed by atoms with Crippen molar-refractivity contribution in [1.29, 1.82) is 0 Å². The van der Waals surface area contributed by atoms with E-state index in [1.807, 2.05) is 0 Å². The predicted molar refractivity (Wildman–Crippen MR) is 78.8 cm³/mol. The Morgan fingerprint density at radius 2 is 1.42 bits per heavy atom. The maximum Gasteiger partial charge on any atom is 1.00 e. The van der Waals surface area contributed by atoms with Gasteiger partial charge in [0.05, 0.1) is 0 Å². The van der Waals surface area contributed by atoms with E-state index < -0.39 is 25.8 Å². The molecule has 0 saturated carbocycles. The molecule has 0 radical (unpaired) electrons. The summed E-state index contributed by atoms with van der Waals surface area (Å²) in [5, 5.41) is 1.22. The summed E-state index contributed by atoms with van der Waals surface area (Å²) in [5.41, 5.74) is 5.61. The van der Waals surface area contributed by atoms with E-state index in [0.717, 1.165) is 18.2 Å². The minimum absolute atomic E-state index is 0. The summed E-state index contributed by atoms with van der Waals surface area (Å²) in [6, 6.07) is 5.32. The Morgan fingerprint density at radius 1 is 0.885 bits per heavy atom. The molecule has 2 aromatic rings. The first-order chi connectivity index (χ1) is 10.00. The molecule has 0 amide bonds. The standard InChI is InChI=1S/C11H12N2O6P2S.4Na/c12-11(22)13-9-3-4-10(21(17,18)19)8-5-6(20(14,15)16)1-2-7(8)9;;;;/h1-5H,(H3,12,13,22)(H2,14,15,16)(H2,17,18,19);;;;/q;4*+1/p-4. The summed E-state index contributed by atoms with van der Waals surface area (Å²) >= 11 is 4.68. The van der Waals surface area contributed by atoms with Crippen molar-refractivity contribution in [2.45, 2.75) is 0 Å². The monoisotopic (exact) mass is 450 g/mol. The molecule has 26 heavy (non-hydrogen) atoms. The van der Waals surface area contributed by atoms with Crippen molar-refractivity contribution in [3.63, 3.8) is 0 Å². The number of nitrogens with one attached hydrogen (secondary N) is 1. The zero-order chi connectivity index (χ0) is 16.7. The van der Waals surface area contributed by atoms with E-state index >= 15 is 0 Å². The minimum atomic E-state index is -5.18. The van der Waals surface area contributed by atoms with Gasteiger partial charge in [-0.15, -0.1) is 0 Å². The van der Waals surface area contributed by atoms with Gasteiger partial charge in [0.25, 0.3) is 0 Å². The number of hydrogen-bond donors (Lipinski definition) is 2. The molecule has 0 aromatic heterocycles. The zero-order valence-electron chi connectivity index (χ0n) is 14.7. The molecular weight excluding hydrogens is 442 g/mol. The van der Waals surface area contributed by atoms with Crippen LogP contribution in [0, 0.1) is 0 Å². The average Bonchev–Trinajstić information content (AvgIpc) is 2.35. The number of benzene rings is 2. The molecule has 0 saturated heterocycles. The Bertz CT molecular complexity index is 875. The quantitative estimate of drug-likeness (QED) is 0.263. The van der Waals surface area contributed by atoms with Gasteiger partial charge in [-0.25, -0.2) is 0 Å². The number of hydrogen-bond acceptors (Lipinski definition) is 7. The molecule has 0 fully saturated rings. The fourth-order valence-electron chi connectivity index (χ4n) is 1.97. The van der Waals surface area contributed by atoms with Gasteiger partial charge in [0, 0.05) is 11.1 Å². The van der Waals surface area contributed by atoms with E-state index in [2.05, 4.69) is 17.5 Å². The molecular formula is C11H8N2Na4O6P2S. The van der Waals surface area contributed by atoms with Crippen LogP contribution in [-0.2, 0) is 9.13 Å². The molecule has 118 valence electrons. The third kappa shape index (κ3) is 8.82. The molecule has 0 aliphatic heterocycles. The minimum Gasteiger partial charge on any atom is -0.807 e. The first-order valence-electron chi connectivity index (χ1n) is 5.68. The Balaban J connectivity index is -0.00000132. The summed E-state index contributed by atoms with van der Waals surface area (Å²) in [4.78, 5) is 44.8. The van der Waals surface area contributed by atoms with Gasteiger partial charge < -0.3 is 39.8 Å². The van der Waals surface area contributed by atoms with E-state index in [-0.39, 0.29) is 140 Å². The van der Waals surface area contributed by atoms with Crippen LogP contribution in [0.3, 0.4) is 0 Å². The van der Waals surface area contributed by atoms with Crippen LogP contribution >= 0.6 is 27.4 Å². The van der Waals surface area contributed by atoms with Gasteiger partial charge >= 0.3 is 118 Å². The Labute approximate surface area is 243 Å². The molecule has 8 nitrogen and oxygen atoms in total. The van der Waals surface area contributed by atoms with Gasteiger partial charge in [0.1, 0.15) is 0 Å². The van der Waals surface area contributed by atoms with Crippen LogP contribution in [0.1, 0.15) is 0 Å². The number of thiocarbonyl (C=S) groups is 1. The largest absolute Gasteiger partial charge is 1.00 e. The molecule has 0 spiro atoms. The van der Waals surface area contributed by atoms with E-state index in [1.54, 1.807) is 0 Å². The zero-order valence-corrected chi connectivity index (χ0v) is 25.3. The summed E-state index contributed by atoms with van der Waals surface area (Å²) < 4.78 is 22.4. The van der Waals surface area contributed by atoms with Crippen LogP contribution < -0.4 is 159 Å². The van der Waals surface area contributed by atoms with Gasteiger partial charge in [-0.1, -0.05) is 18.2 Å². The number of nitrogens with two attached hydrogens (primary N) is 1. The molecule has 0 atom stereocenters. The van der Waals surface area contributed by atoms with Gasteiger partial charge in [-0.05, 0) is 55.5 Å². The molecule has 0 aliphatic rings. The van der Waals surface area contributed by atoms with Crippen molar-refractivity contribution < 1.29 is 147 Å². The van der Waals surface area contributed by atoms with E-state index in [1.165, 1.54) is 12.1 Å². The van der Waals surface area contributed by atoms with Crippen molar-refractivity contribution >= 4 is 59.6 Å². The van der Waals surface area contributed by atoms with Crippen molar-refractivity contribution in [3.8, 4) is 0 Å². The second-order valence-electron chi connectivity index (χ2n) is 4.35. The second kappa shape index (κ2) is 13.2. The van der Waals surface area contributed by atoms with Crippen molar-refractivity contribution in [2.24, 2.45) is 5.73 Å². The maximum absolute atomic E-state index is 11.3. The van der Waals surface area contributed by atoms with Crippen LogP contribution in [0.5, 0.6) is 0 Å². The maximum atomic E-state index is 11.3. The smallest absolute Gasteiger partial charge is 0.807 e. The van der Waals surface area contributed by atoms with Crippen LogP contribution in [0.15, 0.2) is 30.3 Å². The topological polar surface area (TPSA) is 164 Å². The Kier molecular flexibility index (Phi) is 16.9. The van der Waals surface area contributed by atoms with Gasteiger partial charge in [0.15, 0.2) is 5.11 Å². The summed E-state index contributed by atoms with van der Waals surface area (Å²) in [6.45, 7) is 0. The number of fused-ring (bicyclic) bond motifs is 1. The van der Waals surface area contributed by atoms with Crippen molar-refractivity contribution in [1.82, 2.24) is 0 Å². The number of rotatable bonds is 3. The molecule has 0 heterocycles. The fourth-order valence-corrected chi connectivity index (χ4v) is 3.36. The summed E-state index contributed by atoms with van der Waals surface area (Å²) in [7, 11) is -10.3. The van der Waals surface area contributed by atoms with Gasteiger partial charge in [-0.3, -0.25) is 0 Å². The summed E-state index contributed by atoms with van der Waals surface area (Å²) in [6.07, 6.45) is 0. The summed E-state index contributed by atoms with van der Waals surface area (Å²) in [5.74, 6) is 0. The second-order valence-corrected chi connectivity index (χ2v) is 7.77. The molecule has 0 bridgehead atoms. The predicted octanol–water partition coefficient (Wildman–Crippen LogP) is -14.4. The number of anilines is 1. The van der Waals surface area contributed by atoms with E-state index in [0.29, 0.717) is 0 Å². The fraction of sp³-hybridized carbons (Fsp3) is 0. The molecule has 2 aromatic carbocycles. The molecule has 0 unspecified atom stereocenters. The molecule has 15 heteroatoms. The molecule has 0 aliphatic carbocycles. The molecule has 2 rings (SSSR count). The van der Waals surface area contributed by atoms with Crippen LogP contribution in [0.25, 0.3) is 10.8 Å². The van der Waals surface area contributed by atoms with Crippen LogP contribution in [0.2, 0.25) is 0 Å². The van der Waals surface area contributed by atoms with E-state index in [4.69, 9.17) is 5.73 Å². The van der Waals surface area contributed by atoms with Crippen molar-refractivity contribution in [3.05, 3.63) is 30.3 Å². The Morgan fingerprint density at radius 3 is 1.85 bits per heavy atom. The molecule has 3 N–H and O–H groups in total. The normalized spacial score (nSPS) is 10.5. The average molecular weight is 450 g/mol.